The van der Waals surface area contributed by atoms with Gasteiger partial charge in [0.15, 0.2) is 12.6 Å². The average molecular weight is 267 g/mol. The van der Waals surface area contributed by atoms with E-state index in [2.05, 4.69) is 4.98 Å². The maximum absolute atomic E-state index is 10.9. The van der Waals surface area contributed by atoms with Gasteiger partial charge in [0.1, 0.15) is 0 Å². The van der Waals surface area contributed by atoms with E-state index in [9.17, 15) is 19.2 Å². The van der Waals surface area contributed by atoms with Gasteiger partial charge < -0.3 is 15.2 Å². The van der Waals surface area contributed by atoms with Crippen LogP contribution in [0.15, 0.2) is 0 Å². The van der Waals surface area contributed by atoms with Crippen LogP contribution < -0.4 is 0 Å². The van der Waals surface area contributed by atoms with Gasteiger partial charge in [0.2, 0.25) is 0 Å². The molecular formula is C12H13NO6. The third-order valence-corrected chi connectivity index (χ3v) is 2.70. The van der Waals surface area contributed by atoms with E-state index in [0.717, 1.165) is 0 Å². The lowest BCUT2D eigenvalue weighted by atomic mass is 10.00. The Morgan fingerprint density at radius 1 is 0.895 bits per heavy atom. The second kappa shape index (κ2) is 6.48. The van der Waals surface area contributed by atoms with Crippen molar-refractivity contribution in [2.24, 2.45) is 0 Å². The maximum atomic E-state index is 10.9. The topological polar surface area (TPSA) is 125 Å². The maximum Gasteiger partial charge on any atom is 0.303 e. The molecule has 0 aliphatic heterocycles. The third kappa shape index (κ3) is 3.77. The smallest absolute Gasteiger partial charge is 0.303 e. The predicted octanol–water partition coefficient (Wildman–Crippen LogP) is 0.674. The number of carbonyl (C=O) groups is 4. The number of hydrogen-bond acceptors (Lipinski definition) is 4. The van der Waals surface area contributed by atoms with Gasteiger partial charge in [-0.25, -0.2) is 0 Å². The molecule has 0 atom stereocenters. The highest BCUT2D eigenvalue weighted by molar-refractivity contribution is 5.84. The summed E-state index contributed by atoms with van der Waals surface area (Å²) in [6.07, 6.45) is 0.739. The number of aromatic nitrogens is 1. The first-order chi connectivity index (χ1) is 8.99. The normalized spacial score (nSPS) is 10.1. The first-order valence-electron chi connectivity index (χ1n) is 5.57. The van der Waals surface area contributed by atoms with Crippen LogP contribution in [0.2, 0.25) is 0 Å². The Kier molecular flexibility index (Phi) is 4.99. The Bertz CT molecular complexity index is 472. The molecule has 1 aromatic rings. The first-order valence-corrected chi connectivity index (χ1v) is 5.57. The van der Waals surface area contributed by atoms with E-state index in [-0.39, 0.29) is 37.1 Å². The molecule has 0 fully saturated rings. The van der Waals surface area contributed by atoms with Crippen molar-refractivity contribution < 1.29 is 29.4 Å². The molecule has 1 heterocycles. The zero-order valence-corrected chi connectivity index (χ0v) is 10.0. The SMILES string of the molecule is O=Cc1[nH]c(C=O)c(CCC(=O)O)c1CCC(=O)O. The van der Waals surface area contributed by atoms with Gasteiger partial charge in [-0.1, -0.05) is 0 Å². The van der Waals surface area contributed by atoms with Crippen LogP contribution in [0.25, 0.3) is 0 Å². The molecule has 0 amide bonds. The zero-order chi connectivity index (χ0) is 14.4. The van der Waals surface area contributed by atoms with Gasteiger partial charge in [-0.3, -0.25) is 19.2 Å². The summed E-state index contributed by atoms with van der Waals surface area (Å²) in [6.45, 7) is 0. The Labute approximate surface area is 108 Å². The molecule has 19 heavy (non-hydrogen) atoms. The van der Waals surface area contributed by atoms with Gasteiger partial charge in [0.25, 0.3) is 0 Å². The van der Waals surface area contributed by atoms with Crippen molar-refractivity contribution in [3.05, 3.63) is 22.5 Å². The van der Waals surface area contributed by atoms with E-state index < -0.39 is 11.9 Å². The molecule has 0 aliphatic rings. The number of rotatable bonds is 8. The monoisotopic (exact) mass is 267 g/mol. The molecule has 0 aromatic carbocycles. The molecule has 7 heteroatoms. The quantitative estimate of drug-likeness (QED) is 0.594. The van der Waals surface area contributed by atoms with Crippen LogP contribution in [0.4, 0.5) is 0 Å². The van der Waals surface area contributed by atoms with Gasteiger partial charge in [-0.05, 0) is 24.0 Å². The molecule has 0 radical (unpaired) electrons. The molecule has 3 N–H and O–H groups in total. The lowest BCUT2D eigenvalue weighted by molar-refractivity contribution is -0.138. The second-order valence-corrected chi connectivity index (χ2v) is 3.93. The summed E-state index contributed by atoms with van der Waals surface area (Å²) in [5.74, 6) is -2.07. The highest BCUT2D eigenvalue weighted by Gasteiger charge is 2.18. The fraction of sp³-hybridized carbons (Fsp3) is 0.333. The van der Waals surface area contributed by atoms with Crippen molar-refractivity contribution in [3.8, 4) is 0 Å². The largest absolute Gasteiger partial charge is 0.481 e. The number of aldehydes is 2. The van der Waals surface area contributed by atoms with Gasteiger partial charge >= 0.3 is 11.9 Å². The fourth-order valence-corrected chi connectivity index (χ4v) is 1.86. The van der Waals surface area contributed by atoms with Crippen LogP contribution in [-0.4, -0.2) is 39.7 Å². The van der Waals surface area contributed by atoms with Crippen LogP contribution in [0.1, 0.15) is 44.9 Å². The summed E-state index contributed by atoms with van der Waals surface area (Å²) < 4.78 is 0. The second-order valence-electron chi connectivity index (χ2n) is 3.93. The van der Waals surface area contributed by atoms with Gasteiger partial charge in [-0.15, -0.1) is 0 Å². The molecule has 0 unspecified atom stereocenters. The molecule has 0 aliphatic carbocycles. The summed E-state index contributed by atoms with van der Waals surface area (Å²) in [7, 11) is 0. The van der Waals surface area contributed by atoms with Crippen molar-refractivity contribution in [3.63, 3.8) is 0 Å². The predicted molar refractivity (Wildman–Crippen MR) is 63.5 cm³/mol. The Morgan fingerprint density at radius 3 is 1.53 bits per heavy atom. The van der Waals surface area contributed by atoms with E-state index in [1.807, 2.05) is 0 Å². The Morgan fingerprint density at radius 2 is 1.26 bits per heavy atom. The van der Waals surface area contributed by atoms with E-state index >= 15 is 0 Å². The molecule has 102 valence electrons. The molecule has 1 rings (SSSR count). The molecule has 0 saturated heterocycles. The van der Waals surface area contributed by atoms with E-state index in [4.69, 9.17) is 10.2 Å². The fourth-order valence-electron chi connectivity index (χ4n) is 1.86. The third-order valence-electron chi connectivity index (χ3n) is 2.70. The van der Waals surface area contributed by atoms with E-state index in [1.54, 1.807) is 0 Å². The Balaban J connectivity index is 3.10. The molecule has 0 bridgehead atoms. The van der Waals surface area contributed by atoms with Crippen LogP contribution >= 0.6 is 0 Å². The van der Waals surface area contributed by atoms with Crippen LogP contribution in [0.5, 0.6) is 0 Å². The summed E-state index contributed by atoms with van der Waals surface area (Å²) in [4.78, 5) is 45.5. The number of carboxylic acid groups (broad SMARTS) is 2. The summed E-state index contributed by atoms with van der Waals surface area (Å²) in [5, 5.41) is 17.3. The van der Waals surface area contributed by atoms with E-state index in [0.29, 0.717) is 23.7 Å². The van der Waals surface area contributed by atoms with Crippen LogP contribution in [-0.2, 0) is 22.4 Å². The van der Waals surface area contributed by atoms with Crippen molar-refractivity contribution in [2.75, 3.05) is 0 Å². The summed E-state index contributed by atoms with van der Waals surface area (Å²) >= 11 is 0. The number of nitrogens with one attached hydrogen (secondary N) is 1. The number of carbonyl (C=O) groups excluding carboxylic acids is 2. The first kappa shape index (κ1) is 14.6. The van der Waals surface area contributed by atoms with Crippen molar-refractivity contribution in [2.45, 2.75) is 25.7 Å². The minimum atomic E-state index is -1.03. The molecule has 0 spiro atoms. The number of aliphatic carboxylic acids is 2. The molecular weight excluding hydrogens is 254 g/mol. The number of aromatic amines is 1. The molecule has 1 aromatic heterocycles. The number of carboxylic acids is 2. The minimum absolute atomic E-state index is 0.0721. The van der Waals surface area contributed by atoms with E-state index in [1.165, 1.54) is 0 Å². The zero-order valence-electron chi connectivity index (χ0n) is 10.0. The highest BCUT2D eigenvalue weighted by atomic mass is 16.4. The number of H-pyrrole nitrogens is 1. The lowest BCUT2D eigenvalue weighted by Gasteiger charge is -2.03. The average Bonchev–Trinajstić information content (AvgIpc) is 2.70. The van der Waals surface area contributed by atoms with Crippen molar-refractivity contribution in [1.29, 1.82) is 0 Å². The van der Waals surface area contributed by atoms with Crippen LogP contribution in [0, 0.1) is 0 Å². The lowest BCUT2D eigenvalue weighted by Crippen LogP contribution is -2.04. The standard InChI is InChI=1S/C12H13NO6/c14-5-9-7(1-3-11(16)17)8(2-4-12(18)19)10(6-15)13-9/h5-6,13H,1-4H2,(H,16,17)(H,18,19). The minimum Gasteiger partial charge on any atom is -0.481 e. The van der Waals surface area contributed by atoms with Gasteiger partial charge in [0, 0.05) is 12.8 Å². The van der Waals surface area contributed by atoms with Crippen molar-refractivity contribution >= 4 is 24.5 Å². The van der Waals surface area contributed by atoms with Gasteiger partial charge in [0.05, 0.1) is 11.4 Å². The van der Waals surface area contributed by atoms with Crippen LogP contribution in [0.3, 0.4) is 0 Å². The summed E-state index contributed by atoms with van der Waals surface area (Å²) in [5.41, 5.74) is 1.06. The van der Waals surface area contributed by atoms with Crippen molar-refractivity contribution in [1.82, 2.24) is 4.98 Å². The summed E-state index contributed by atoms with van der Waals surface area (Å²) in [6, 6.07) is 0. The molecule has 0 saturated carbocycles. The molecule has 7 nitrogen and oxygen atoms in total. The Hall–Kier alpha value is -2.44. The van der Waals surface area contributed by atoms with Gasteiger partial charge in [-0.2, -0.15) is 0 Å². The highest BCUT2D eigenvalue weighted by Crippen LogP contribution is 2.21. The number of hydrogen-bond donors (Lipinski definition) is 3.